The molecule has 0 atom stereocenters. The van der Waals surface area contributed by atoms with Crippen molar-refractivity contribution in [3.8, 4) is 0 Å². The van der Waals surface area contributed by atoms with Gasteiger partial charge >= 0.3 is 0 Å². The zero-order valence-corrected chi connectivity index (χ0v) is 7.86. The zero-order chi connectivity index (χ0) is 8.53. The van der Waals surface area contributed by atoms with Crippen molar-refractivity contribution < 1.29 is 4.79 Å². The smallest absolute Gasteiger partial charge is 0.132 e. The third-order valence-corrected chi connectivity index (χ3v) is 1.87. The van der Waals surface area contributed by atoms with E-state index in [1.54, 1.807) is 0 Å². The Hall–Kier alpha value is -0.330. The van der Waals surface area contributed by atoms with Crippen LogP contribution in [0.2, 0.25) is 0 Å². The van der Waals surface area contributed by atoms with Gasteiger partial charge in [-0.15, -0.1) is 0 Å². The lowest BCUT2D eigenvalue weighted by molar-refractivity contribution is -0.117. The molecule has 66 valence electrons. The number of hydrogen-bond acceptors (Lipinski definition) is 1. The molecule has 0 saturated heterocycles. The van der Waals surface area contributed by atoms with Crippen LogP contribution in [0.25, 0.3) is 0 Å². The molecular formula is C10H20O. The molecule has 1 fully saturated rings. The second-order valence-electron chi connectivity index (χ2n) is 3.10. The molecule has 0 spiro atoms. The highest BCUT2D eigenvalue weighted by Crippen LogP contribution is 2.11. The van der Waals surface area contributed by atoms with Gasteiger partial charge in [0.2, 0.25) is 0 Å². The second-order valence-corrected chi connectivity index (χ2v) is 3.10. The largest absolute Gasteiger partial charge is 0.300 e. The minimum absolute atomic E-state index is 0.454. The molecule has 1 aliphatic rings. The highest BCUT2D eigenvalue weighted by atomic mass is 16.1. The minimum Gasteiger partial charge on any atom is -0.300 e. The highest BCUT2D eigenvalue weighted by Gasteiger charge is 2.07. The van der Waals surface area contributed by atoms with E-state index in [4.69, 9.17) is 0 Å². The maximum absolute atomic E-state index is 10.2. The SMILES string of the molecule is CCCCC.O=C1CCCC1. The van der Waals surface area contributed by atoms with Crippen LogP contribution in [-0.4, -0.2) is 5.78 Å². The number of ketones is 1. The molecule has 0 N–H and O–H groups in total. The van der Waals surface area contributed by atoms with Gasteiger partial charge in [0.15, 0.2) is 0 Å². The van der Waals surface area contributed by atoms with Crippen LogP contribution in [0.1, 0.15) is 58.8 Å². The van der Waals surface area contributed by atoms with Crippen molar-refractivity contribution in [1.82, 2.24) is 0 Å². The van der Waals surface area contributed by atoms with E-state index in [0.29, 0.717) is 5.78 Å². The van der Waals surface area contributed by atoms with E-state index in [1.165, 1.54) is 19.3 Å². The van der Waals surface area contributed by atoms with Crippen molar-refractivity contribution in [2.24, 2.45) is 0 Å². The Labute approximate surface area is 70.2 Å². The van der Waals surface area contributed by atoms with Gasteiger partial charge in [-0.2, -0.15) is 0 Å². The molecule has 0 aliphatic heterocycles. The number of unbranched alkanes of at least 4 members (excludes halogenated alkanes) is 2. The van der Waals surface area contributed by atoms with Crippen LogP contribution >= 0.6 is 0 Å². The summed E-state index contributed by atoms with van der Waals surface area (Å²) < 4.78 is 0. The fraction of sp³-hybridized carbons (Fsp3) is 0.900. The van der Waals surface area contributed by atoms with Gasteiger partial charge in [0.25, 0.3) is 0 Å². The molecule has 1 saturated carbocycles. The van der Waals surface area contributed by atoms with Gasteiger partial charge < -0.3 is 0 Å². The van der Waals surface area contributed by atoms with E-state index in [2.05, 4.69) is 13.8 Å². The third kappa shape index (κ3) is 7.57. The normalized spacial score (nSPS) is 16.0. The van der Waals surface area contributed by atoms with Crippen LogP contribution in [0.3, 0.4) is 0 Å². The number of Topliss-reactive ketones (excluding diaryl/α,β-unsaturated/α-hetero) is 1. The molecule has 0 heterocycles. The first-order chi connectivity index (χ1) is 5.31. The number of carbonyl (C=O) groups excluding carboxylic acids is 1. The Morgan fingerprint density at radius 2 is 1.55 bits per heavy atom. The topological polar surface area (TPSA) is 17.1 Å². The molecule has 0 aromatic heterocycles. The fourth-order valence-corrected chi connectivity index (χ4v) is 1.12. The van der Waals surface area contributed by atoms with Gasteiger partial charge in [-0.25, -0.2) is 0 Å². The lowest BCUT2D eigenvalue weighted by Gasteiger charge is -1.79. The van der Waals surface area contributed by atoms with E-state index < -0.39 is 0 Å². The highest BCUT2D eigenvalue weighted by molar-refractivity contribution is 5.79. The standard InChI is InChI=1S/C5H8O.C5H12/c6-5-3-1-2-4-5;1-3-5-4-2/h1-4H2;3-5H2,1-2H3. The van der Waals surface area contributed by atoms with Gasteiger partial charge in [0.1, 0.15) is 5.78 Å². The molecule has 11 heavy (non-hydrogen) atoms. The van der Waals surface area contributed by atoms with Gasteiger partial charge in [-0.05, 0) is 12.8 Å². The van der Waals surface area contributed by atoms with Crippen molar-refractivity contribution in [2.75, 3.05) is 0 Å². The van der Waals surface area contributed by atoms with E-state index in [-0.39, 0.29) is 0 Å². The van der Waals surface area contributed by atoms with Crippen molar-refractivity contribution in [2.45, 2.75) is 58.8 Å². The van der Waals surface area contributed by atoms with Crippen LogP contribution in [0, 0.1) is 0 Å². The molecular weight excluding hydrogens is 136 g/mol. The summed E-state index contributed by atoms with van der Waals surface area (Å²) >= 11 is 0. The predicted molar refractivity (Wildman–Crippen MR) is 48.7 cm³/mol. The number of carbonyl (C=O) groups is 1. The average molecular weight is 156 g/mol. The fourth-order valence-electron chi connectivity index (χ4n) is 1.12. The Kier molecular flexibility index (Phi) is 7.54. The summed E-state index contributed by atoms with van der Waals surface area (Å²) in [6, 6.07) is 0. The molecule has 0 aromatic carbocycles. The van der Waals surface area contributed by atoms with Gasteiger partial charge in [0, 0.05) is 12.8 Å². The first-order valence-corrected chi connectivity index (χ1v) is 4.83. The summed E-state index contributed by atoms with van der Waals surface area (Å²) in [5, 5.41) is 0. The lowest BCUT2D eigenvalue weighted by atomic mass is 10.3. The quantitative estimate of drug-likeness (QED) is 0.599. The molecule has 0 aromatic rings. The first kappa shape index (κ1) is 10.7. The molecule has 1 aliphatic carbocycles. The minimum atomic E-state index is 0.454. The third-order valence-electron chi connectivity index (χ3n) is 1.87. The Balaban J connectivity index is 0.000000187. The summed E-state index contributed by atoms with van der Waals surface area (Å²) in [6.45, 7) is 4.42. The van der Waals surface area contributed by atoms with Crippen LogP contribution in [-0.2, 0) is 4.79 Å². The molecule has 1 nitrogen and oxygen atoms in total. The van der Waals surface area contributed by atoms with Crippen molar-refractivity contribution in [1.29, 1.82) is 0 Å². The summed E-state index contributed by atoms with van der Waals surface area (Å²) in [6.07, 6.45) is 8.05. The summed E-state index contributed by atoms with van der Waals surface area (Å²) in [4.78, 5) is 10.2. The molecule has 1 rings (SSSR count). The zero-order valence-electron chi connectivity index (χ0n) is 7.86. The van der Waals surface area contributed by atoms with Crippen LogP contribution in [0.5, 0.6) is 0 Å². The monoisotopic (exact) mass is 156 g/mol. The maximum Gasteiger partial charge on any atom is 0.132 e. The van der Waals surface area contributed by atoms with Crippen LogP contribution < -0.4 is 0 Å². The van der Waals surface area contributed by atoms with Gasteiger partial charge in [-0.1, -0.05) is 33.1 Å². The average Bonchev–Trinajstić information content (AvgIpc) is 2.43. The van der Waals surface area contributed by atoms with Crippen molar-refractivity contribution >= 4 is 5.78 Å². The Bertz CT molecular complexity index is 87.0. The first-order valence-electron chi connectivity index (χ1n) is 4.83. The molecule has 0 radical (unpaired) electrons. The van der Waals surface area contributed by atoms with Crippen molar-refractivity contribution in [3.63, 3.8) is 0 Å². The maximum atomic E-state index is 10.2. The van der Waals surface area contributed by atoms with Crippen LogP contribution in [0.15, 0.2) is 0 Å². The second kappa shape index (κ2) is 7.77. The Morgan fingerprint density at radius 3 is 1.64 bits per heavy atom. The van der Waals surface area contributed by atoms with Gasteiger partial charge in [0.05, 0.1) is 0 Å². The molecule has 1 heteroatoms. The van der Waals surface area contributed by atoms with Gasteiger partial charge in [-0.3, -0.25) is 4.79 Å². The molecule has 0 bridgehead atoms. The van der Waals surface area contributed by atoms with E-state index in [1.807, 2.05) is 0 Å². The number of hydrogen-bond donors (Lipinski definition) is 0. The summed E-state index contributed by atoms with van der Waals surface area (Å²) in [7, 11) is 0. The van der Waals surface area contributed by atoms with Crippen LogP contribution in [0.4, 0.5) is 0 Å². The molecule has 0 unspecified atom stereocenters. The van der Waals surface area contributed by atoms with Crippen molar-refractivity contribution in [3.05, 3.63) is 0 Å². The summed E-state index contributed by atoms with van der Waals surface area (Å²) in [5.74, 6) is 0.454. The molecule has 0 amide bonds. The predicted octanol–water partition coefficient (Wildman–Crippen LogP) is 3.33. The van der Waals surface area contributed by atoms with E-state index in [9.17, 15) is 4.79 Å². The Morgan fingerprint density at radius 1 is 1.09 bits per heavy atom. The number of rotatable bonds is 2. The van der Waals surface area contributed by atoms with E-state index >= 15 is 0 Å². The lowest BCUT2D eigenvalue weighted by Crippen LogP contribution is -1.81. The van der Waals surface area contributed by atoms with E-state index in [0.717, 1.165) is 25.7 Å². The summed E-state index contributed by atoms with van der Waals surface area (Å²) in [5.41, 5.74) is 0.